The van der Waals surface area contributed by atoms with Crippen molar-refractivity contribution in [1.82, 2.24) is 0 Å². The maximum atomic E-state index is 12.2. The van der Waals surface area contributed by atoms with Gasteiger partial charge in [0.15, 0.2) is 5.79 Å². The summed E-state index contributed by atoms with van der Waals surface area (Å²) in [5, 5.41) is 0. The second-order valence-electron chi connectivity index (χ2n) is 5.36. The molecular weight excluding hydrogens is 232 g/mol. The van der Waals surface area contributed by atoms with Gasteiger partial charge in [0, 0.05) is 12.8 Å². The van der Waals surface area contributed by atoms with Gasteiger partial charge in [-0.3, -0.25) is 4.79 Å². The molecule has 1 saturated carbocycles. The fourth-order valence-electron chi connectivity index (χ4n) is 3.21. The molecule has 0 N–H and O–H groups in total. The Hall–Kier alpha value is -0.610. The molecule has 0 atom stereocenters. The zero-order valence-corrected chi connectivity index (χ0v) is 11.5. The molecule has 18 heavy (non-hydrogen) atoms. The topological polar surface area (TPSA) is 44.8 Å². The van der Waals surface area contributed by atoms with Crippen molar-refractivity contribution in [3.63, 3.8) is 0 Å². The number of hydrogen-bond acceptors (Lipinski definition) is 4. The van der Waals surface area contributed by atoms with Crippen molar-refractivity contribution in [1.29, 1.82) is 0 Å². The Labute approximate surface area is 109 Å². The summed E-state index contributed by atoms with van der Waals surface area (Å²) in [4.78, 5) is 12.2. The third-order valence-electron chi connectivity index (χ3n) is 4.22. The van der Waals surface area contributed by atoms with Crippen LogP contribution in [0.1, 0.15) is 52.4 Å². The lowest BCUT2D eigenvalue weighted by atomic mass is 9.69. The summed E-state index contributed by atoms with van der Waals surface area (Å²) >= 11 is 0. The maximum Gasteiger partial charge on any atom is 0.312 e. The number of ether oxygens (including phenoxy) is 3. The van der Waals surface area contributed by atoms with Crippen molar-refractivity contribution in [3.05, 3.63) is 0 Å². The number of esters is 1. The molecule has 0 bridgehead atoms. The standard InChI is InChI=1S/C14H24O4/c1-3-5-13(12(15)16-4-2)6-8-14(9-7-13)17-10-11-18-14/h3-11H2,1-2H3. The van der Waals surface area contributed by atoms with E-state index in [1.807, 2.05) is 6.92 Å². The molecule has 4 heteroatoms. The van der Waals surface area contributed by atoms with Crippen molar-refractivity contribution in [2.24, 2.45) is 5.41 Å². The van der Waals surface area contributed by atoms with Gasteiger partial charge in [0.25, 0.3) is 0 Å². The van der Waals surface area contributed by atoms with Crippen molar-refractivity contribution >= 4 is 5.97 Å². The van der Waals surface area contributed by atoms with E-state index in [2.05, 4.69) is 6.92 Å². The van der Waals surface area contributed by atoms with Crippen molar-refractivity contribution < 1.29 is 19.0 Å². The molecule has 1 aliphatic carbocycles. The largest absolute Gasteiger partial charge is 0.466 e. The quantitative estimate of drug-likeness (QED) is 0.725. The van der Waals surface area contributed by atoms with Crippen molar-refractivity contribution in [2.45, 2.75) is 58.2 Å². The lowest BCUT2D eigenvalue weighted by Gasteiger charge is -2.41. The molecule has 1 saturated heterocycles. The van der Waals surface area contributed by atoms with E-state index in [9.17, 15) is 4.79 Å². The first kappa shape index (κ1) is 13.8. The second-order valence-corrected chi connectivity index (χ2v) is 5.36. The van der Waals surface area contributed by atoms with Crippen LogP contribution in [-0.4, -0.2) is 31.6 Å². The highest BCUT2D eigenvalue weighted by Gasteiger charge is 2.49. The molecule has 104 valence electrons. The summed E-state index contributed by atoms with van der Waals surface area (Å²) in [6.45, 7) is 5.81. The van der Waals surface area contributed by atoms with Gasteiger partial charge in [-0.05, 0) is 26.2 Å². The van der Waals surface area contributed by atoms with Crippen LogP contribution in [0.2, 0.25) is 0 Å². The van der Waals surface area contributed by atoms with Gasteiger partial charge in [-0.25, -0.2) is 0 Å². The fraction of sp³-hybridized carbons (Fsp3) is 0.929. The van der Waals surface area contributed by atoms with E-state index in [1.165, 1.54) is 0 Å². The monoisotopic (exact) mass is 256 g/mol. The Kier molecular flexibility index (Phi) is 4.28. The van der Waals surface area contributed by atoms with Crippen LogP contribution < -0.4 is 0 Å². The first-order chi connectivity index (χ1) is 8.66. The molecule has 1 aliphatic heterocycles. The van der Waals surface area contributed by atoms with E-state index in [1.54, 1.807) is 0 Å². The van der Waals surface area contributed by atoms with Gasteiger partial charge in [0.05, 0.1) is 25.2 Å². The minimum atomic E-state index is -0.399. The number of rotatable bonds is 4. The molecule has 0 aromatic heterocycles. The van der Waals surface area contributed by atoms with Crippen LogP contribution in [-0.2, 0) is 19.0 Å². The Balaban J connectivity index is 2.02. The third-order valence-corrected chi connectivity index (χ3v) is 4.22. The SMILES string of the molecule is CCCC1(C(=O)OCC)CCC2(CC1)OCCO2. The van der Waals surface area contributed by atoms with Crippen LogP contribution in [0, 0.1) is 5.41 Å². The molecular formula is C14H24O4. The molecule has 4 nitrogen and oxygen atoms in total. The molecule has 2 aliphatic rings. The van der Waals surface area contributed by atoms with Crippen LogP contribution in [0.25, 0.3) is 0 Å². The summed E-state index contributed by atoms with van der Waals surface area (Å²) < 4.78 is 16.7. The van der Waals surface area contributed by atoms with Crippen molar-refractivity contribution in [3.8, 4) is 0 Å². The first-order valence-corrected chi connectivity index (χ1v) is 7.11. The van der Waals surface area contributed by atoms with Gasteiger partial charge in [0.2, 0.25) is 0 Å². The highest BCUT2D eigenvalue weighted by molar-refractivity contribution is 5.77. The van der Waals surface area contributed by atoms with E-state index < -0.39 is 5.79 Å². The average Bonchev–Trinajstić information content (AvgIpc) is 2.82. The Morgan fingerprint density at radius 1 is 1.11 bits per heavy atom. The first-order valence-electron chi connectivity index (χ1n) is 7.11. The Morgan fingerprint density at radius 3 is 2.22 bits per heavy atom. The third kappa shape index (κ3) is 2.54. The van der Waals surface area contributed by atoms with Crippen LogP contribution in [0.15, 0.2) is 0 Å². The average molecular weight is 256 g/mol. The predicted octanol–water partition coefficient (Wildman–Crippen LogP) is 2.65. The zero-order valence-electron chi connectivity index (χ0n) is 11.5. The minimum Gasteiger partial charge on any atom is -0.466 e. The second kappa shape index (κ2) is 5.57. The normalized spacial score (nSPS) is 25.2. The van der Waals surface area contributed by atoms with E-state index in [4.69, 9.17) is 14.2 Å². The van der Waals surface area contributed by atoms with Gasteiger partial charge >= 0.3 is 5.97 Å². The van der Waals surface area contributed by atoms with Gasteiger partial charge in [-0.2, -0.15) is 0 Å². The molecule has 2 fully saturated rings. The molecule has 0 amide bonds. The minimum absolute atomic E-state index is 0.0281. The molecule has 0 aromatic rings. The zero-order chi connectivity index (χ0) is 13.1. The van der Waals surface area contributed by atoms with Gasteiger partial charge in [0.1, 0.15) is 0 Å². The summed E-state index contributed by atoms with van der Waals surface area (Å²) in [5.74, 6) is -0.427. The Bertz CT molecular complexity index is 284. The smallest absolute Gasteiger partial charge is 0.312 e. The van der Waals surface area contributed by atoms with Gasteiger partial charge in [-0.1, -0.05) is 13.3 Å². The molecule has 2 rings (SSSR count). The molecule has 0 radical (unpaired) electrons. The van der Waals surface area contributed by atoms with E-state index in [0.717, 1.165) is 38.5 Å². The van der Waals surface area contributed by atoms with Crippen LogP contribution in [0.3, 0.4) is 0 Å². The predicted molar refractivity (Wildman–Crippen MR) is 67.1 cm³/mol. The number of carbonyl (C=O) groups is 1. The molecule has 0 aromatic carbocycles. The summed E-state index contributed by atoms with van der Waals surface area (Å²) in [5.41, 5.74) is -0.300. The molecule has 1 heterocycles. The fourth-order valence-corrected chi connectivity index (χ4v) is 3.21. The lowest BCUT2D eigenvalue weighted by Crippen LogP contribution is -2.44. The van der Waals surface area contributed by atoms with E-state index >= 15 is 0 Å². The summed E-state index contributed by atoms with van der Waals surface area (Å²) in [6, 6.07) is 0. The lowest BCUT2D eigenvalue weighted by molar-refractivity contribution is -0.200. The van der Waals surface area contributed by atoms with E-state index in [0.29, 0.717) is 19.8 Å². The highest BCUT2D eigenvalue weighted by atomic mass is 16.7. The van der Waals surface area contributed by atoms with Crippen LogP contribution >= 0.6 is 0 Å². The van der Waals surface area contributed by atoms with E-state index in [-0.39, 0.29) is 11.4 Å². The van der Waals surface area contributed by atoms with Crippen LogP contribution in [0.5, 0.6) is 0 Å². The van der Waals surface area contributed by atoms with Gasteiger partial charge < -0.3 is 14.2 Å². The highest BCUT2D eigenvalue weighted by Crippen LogP contribution is 2.47. The maximum absolute atomic E-state index is 12.2. The summed E-state index contributed by atoms with van der Waals surface area (Å²) in [7, 11) is 0. The number of carbonyl (C=O) groups excluding carboxylic acids is 1. The van der Waals surface area contributed by atoms with Crippen molar-refractivity contribution in [2.75, 3.05) is 19.8 Å². The molecule has 1 spiro atoms. The number of hydrogen-bond donors (Lipinski definition) is 0. The van der Waals surface area contributed by atoms with Crippen LogP contribution in [0.4, 0.5) is 0 Å². The summed E-state index contributed by atoms with van der Waals surface area (Å²) in [6.07, 6.45) is 5.17. The Morgan fingerprint density at radius 2 is 1.72 bits per heavy atom. The molecule has 0 unspecified atom stereocenters. The van der Waals surface area contributed by atoms with Gasteiger partial charge in [-0.15, -0.1) is 0 Å².